The molecule has 3 rings (SSSR count). The maximum atomic E-state index is 13.3. The topological polar surface area (TPSA) is 29.3 Å². The molecule has 2 aromatic rings. The Labute approximate surface area is 139 Å². The molecule has 2 nitrogen and oxygen atoms in total. The molecule has 0 amide bonds. The fraction of sp³-hybridized carbons (Fsp3) is 0.263. The molecule has 0 aromatic heterocycles. The smallest absolute Gasteiger partial charge is 0.314 e. The van der Waals surface area contributed by atoms with Crippen LogP contribution in [0.3, 0.4) is 0 Å². The van der Waals surface area contributed by atoms with E-state index in [-0.39, 0.29) is 5.56 Å². The molecule has 1 saturated carbocycles. The van der Waals surface area contributed by atoms with Gasteiger partial charge in [0.1, 0.15) is 0 Å². The quantitative estimate of drug-likeness (QED) is 0.481. The van der Waals surface area contributed by atoms with Crippen LogP contribution in [0.1, 0.15) is 41.0 Å². The first-order valence-corrected chi connectivity index (χ1v) is 7.83. The molecule has 1 aliphatic rings. The summed E-state index contributed by atoms with van der Waals surface area (Å²) in [5.41, 5.74) is 1.89. The molecular weight excluding hydrogens is 313 g/mol. The molecule has 0 spiro atoms. The lowest BCUT2D eigenvalue weighted by atomic mass is 9.99. The van der Waals surface area contributed by atoms with Crippen LogP contribution in [0.4, 0.5) is 18.9 Å². The molecule has 0 radical (unpaired) electrons. The van der Waals surface area contributed by atoms with Crippen LogP contribution >= 0.6 is 0 Å². The highest BCUT2D eigenvalue weighted by molar-refractivity contribution is 5.80. The molecule has 126 valence electrons. The Morgan fingerprint density at radius 2 is 1.75 bits per heavy atom. The molecule has 0 saturated heterocycles. The van der Waals surface area contributed by atoms with E-state index < -0.39 is 11.7 Å². The van der Waals surface area contributed by atoms with E-state index in [1.807, 2.05) is 24.3 Å². The number of benzene rings is 2. The number of hydrogen-bond donors (Lipinski definition) is 1. The average molecular weight is 332 g/mol. The number of halogens is 3. The second kappa shape index (κ2) is 6.32. The van der Waals surface area contributed by atoms with E-state index >= 15 is 0 Å². The predicted octanol–water partition coefficient (Wildman–Crippen LogP) is 5.06. The Bertz CT molecular complexity index is 759. The Kier molecular flexibility index (Phi) is 4.37. The molecule has 2 N–H and O–H groups in total. The van der Waals surface area contributed by atoms with Gasteiger partial charge < -0.3 is 5.01 Å². The van der Waals surface area contributed by atoms with Crippen molar-refractivity contribution in [1.82, 2.24) is 0 Å². The van der Waals surface area contributed by atoms with Crippen molar-refractivity contribution in [3.05, 3.63) is 64.7 Å². The minimum absolute atomic E-state index is 0.0839. The van der Waals surface area contributed by atoms with Gasteiger partial charge in [0.05, 0.1) is 11.3 Å². The van der Waals surface area contributed by atoms with Crippen LogP contribution < -0.4 is 10.9 Å². The molecule has 1 fully saturated rings. The molecule has 5 heteroatoms. The summed E-state index contributed by atoms with van der Waals surface area (Å²) in [6.07, 6.45) is 1.12. The van der Waals surface area contributed by atoms with E-state index in [1.54, 1.807) is 12.1 Å². The number of hydrogen-bond acceptors (Lipinski definition) is 2. The maximum Gasteiger partial charge on any atom is 0.417 e. The van der Waals surface area contributed by atoms with Crippen molar-refractivity contribution in [2.24, 2.45) is 5.84 Å². The first-order chi connectivity index (χ1) is 11.4. The largest absolute Gasteiger partial charge is 0.417 e. The Hall–Kier alpha value is -2.27. The van der Waals surface area contributed by atoms with Gasteiger partial charge in [0.25, 0.3) is 0 Å². The van der Waals surface area contributed by atoms with Crippen LogP contribution in [0.2, 0.25) is 0 Å². The van der Waals surface area contributed by atoms with Gasteiger partial charge in [-0.25, -0.2) is 5.84 Å². The third kappa shape index (κ3) is 3.46. The van der Waals surface area contributed by atoms with E-state index in [4.69, 9.17) is 5.84 Å². The Balaban J connectivity index is 2.06. The normalized spacial score (nSPS) is 15.0. The SMILES string of the molecule is CN(N)c1cccc(C(F)(F)F)c1/C=C/c1ccccc1C1CC1. The van der Waals surface area contributed by atoms with Crippen molar-refractivity contribution in [2.45, 2.75) is 24.9 Å². The number of anilines is 1. The van der Waals surface area contributed by atoms with Gasteiger partial charge in [-0.15, -0.1) is 0 Å². The third-order valence-corrected chi connectivity index (χ3v) is 4.21. The van der Waals surface area contributed by atoms with Crippen molar-refractivity contribution in [3.63, 3.8) is 0 Å². The summed E-state index contributed by atoms with van der Waals surface area (Å²) >= 11 is 0. The van der Waals surface area contributed by atoms with Crippen molar-refractivity contribution in [1.29, 1.82) is 0 Å². The van der Waals surface area contributed by atoms with Crippen molar-refractivity contribution < 1.29 is 13.2 Å². The van der Waals surface area contributed by atoms with Crippen LogP contribution in [0.15, 0.2) is 42.5 Å². The fourth-order valence-electron chi connectivity index (χ4n) is 2.88. The van der Waals surface area contributed by atoms with E-state index in [9.17, 15) is 13.2 Å². The van der Waals surface area contributed by atoms with Gasteiger partial charge in [0.2, 0.25) is 0 Å². The summed E-state index contributed by atoms with van der Waals surface area (Å²) in [5.74, 6) is 6.24. The maximum absolute atomic E-state index is 13.3. The van der Waals surface area contributed by atoms with Gasteiger partial charge in [-0.05, 0) is 42.0 Å². The van der Waals surface area contributed by atoms with Crippen molar-refractivity contribution >= 4 is 17.8 Å². The molecule has 0 heterocycles. The zero-order valence-corrected chi connectivity index (χ0v) is 13.3. The molecule has 1 aliphatic carbocycles. The number of alkyl halides is 3. The van der Waals surface area contributed by atoms with E-state index in [1.165, 1.54) is 29.8 Å². The second-order valence-corrected chi connectivity index (χ2v) is 6.08. The molecule has 0 aliphatic heterocycles. The number of nitrogens with zero attached hydrogens (tertiary/aromatic N) is 1. The standard InChI is InChI=1S/C19H19F3N2/c1-24(23)18-8-4-7-17(19(20,21)22)16(18)12-11-13-5-2-3-6-15(13)14-9-10-14/h2-8,11-12,14H,9-10,23H2,1H3/b12-11+. The minimum atomic E-state index is -4.43. The van der Waals surface area contributed by atoms with Gasteiger partial charge in [0.15, 0.2) is 0 Å². The summed E-state index contributed by atoms with van der Waals surface area (Å²) in [6.45, 7) is 0. The first-order valence-electron chi connectivity index (χ1n) is 7.83. The summed E-state index contributed by atoms with van der Waals surface area (Å²) in [7, 11) is 1.53. The van der Waals surface area contributed by atoms with Crippen LogP contribution in [0.25, 0.3) is 12.2 Å². The van der Waals surface area contributed by atoms with E-state index in [0.717, 1.165) is 24.5 Å². The molecule has 0 atom stereocenters. The fourth-order valence-corrected chi connectivity index (χ4v) is 2.88. The molecule has 24 heavy (non-hydrogen) atoms. The number of rotatable bonds is 4. The number of nitrogens with two attached hydrogens (primary N) is 1. The number of hydrazine groups is 1. The molecular formula is C19H19F3N2. The van der Waals surface area contributed by atoms with Crippen molar-refractivity contribution in [3.8, 4) is 0 Å². The lowest BCUT2D eigenvalue weighted by molar-refractivity contribution is -0.137. The van der Waals surface area contributed by atoms with Crippen LogP contribution in [-0.4, -0.2) is 7.05 Å². The Morgan fingerprint density at radius 1 is 1.04 bits per heavy atom. The third-order valence-electron chi connectivity index (χ3n) is 4.21. The minimum Gasteiger partial charge on any atom is -0.314 e. The van der Waals surface area contributed by atoms with E-state index in [2.05, 4.69) is 0 Å². The summed E-state index contributed by atoms with van der Waals surface area (Å²) in [5, 5.41) is 1.21. The van der Waals surface area contributed by atoms with Crippen LogP contribution in [0.5, 0.6) is 0 Å². The highest BCUT2D eigenvalue weighted by atomic mass is 19.4. The average Bonchev–Trinajstić information content (AvgIpc) is 3.36. The van der Waals surface area contributed by atoms with Gasteiger partial charge in [-0.3, -0.25) is 0 Å². The molecule has 2 aromatic carbocycles. The summed E-state index contributed by atoms with van der Waals surface area (Å²) in [4.78, 5) is 0. The molecule has 0 bridgehead atoms. The highest BCUT2D eigenvalue weighted by Gasteiger charge is 2.34. The van der Waals surface area contributed by atoms with E-state index in [0.29, 0.717) is 11.6 Å². The predicted molar refractivity (Wildman–Crippen MR) is 91.4 cm³/mol. The summed E-state index contributed by atoms with van der Waals surface area (Å²) < 4.78 is 40.0. The van der Waals surface area contributed by atoms with Crippen LogP contribution in [-0.2, 0) is 6.18 Å². The van der Waals surface area contributed by atoms with Crippen molar-refractivity contribution in [2.75, 3.05) is 12.1 Å². The Morgan fingerprint density at radius 3 is 2.38 bits per heavy atom. The first kappa shape index (κ1) is 16.6. The monoisotopic (exact) mass is 332 g/mol. The summed E-state index contributed by atoms with van der Waals surface area (Å²) in [6, 6.07) is 11.9. The van der Waals surface area contributed by atoms with Crippen LogP contribution in [0, 0.1) is 0 Å². The van der Waals surface area contributed by atoms with Gasteiger partial charge in [-0.1, -0.05) is 42.5 Å². The second-order valence-electron chi connectivity index (χ2n) is 6.08. The molecule has 0 unspecified atom stereocenters. The zero-order chi connectivity index (χ0) is 17.3. The van der Waals surface area contributed by atoms with Gasteiger partial charge >= 0.3 is 6.18 Å². The lowest BCUT2D eigenvalue weighted by Crippen LogP contribution is -2.26. The van der Waals surface area contributed by atoms with Gasteiger partial charge in [-0.2, -0.15) is 13.2 Å². The lowest BCUT2D eigenvalue weighted by Gasteiger charge is -2.19. The highest BCUT2D eigenvalue weighted by Crippen LogP contribution is 2.42. The zero-order valence-electron chi connectivity index (χ0n) is 13.3. The van der Waals surface area contributed by atoms with Gasteiger partial charge in [0, 0.05) is 12.6 Å².